The third-order valence-electron chi connectivity index (χ3n) is 4.89. The van der Waals surface area contributed by atoms with Crippen LogP contribution in [0.4, 0.5) is 5.82 Å². The van der Waals surface area contributed by atoms with E-state index in [1.165, 1.54) is 17.2 Å². The van der Waals surface area contributed by atoms with Crippen molar-refractivity contribution in [1.29, 1.82) is 5.41 Å². The molecule has 5 unspecified atom stereocenters. The van der Waals surface area contributed by atoms with Gasteiger partial charge in [-0.2, -0.15) is 4.98 Å². The summed E-state index contributed by atoms with van der Waals surface area (Å²) in [5.74, 6) is -2.04. The lowest BCUT2D eigenvalue weighted by Gasteiger charge is -2.38. The van der Waals surface area contributed by atoms with Crippen LogP contribution in [0, 0.1) is 5.41 Å². The number of aliphatic carboxylic acids is 1. The number of hydrogen-bond acceptors (Lipinski definition) is 9. The fourth-order valence-corrected chi connectivity index (χ4v) is 3.16. The lowest BCUT2D eigenvalue weighted by atomic mass is 9.98. The number of aliphatic hydroxyl groups is 1. The van der Waals surface area contributed by atoms with Gasteiger partial charge in [-0.25, -0.2) is 9.59 Å². The molecule has 1 aliphatic rings. The third-order valence-corrected chi connectivity index (χ3v) is 4.89. The minimum Gasteiger partial charge on any atom is -0.479 e. The summed E-state index contributed by atoms with van der Waals surface area (Å²) in [5.41, 5.74) is 15.9. The van der Waals surface area contributed by atoms with Crippen molar-refractivity contribution >= 4 is 23.7 Å². The maximum absolute atomic E-state index is 12.3. The number of nitrogen functional groups attached to an aromatic ring is 1. The van der Waals surface area contributed by atoms with Crippen LogP contribution in [0.25, 0.3) is 0 Å². The van der Waals surface area contributed by atoms with Gasteiger partial charge in [-0.05, 0) is 12.5 Å². The van der Waals surface area contributed by atoms with Gasteiger partial charge in [-0.1, -0.05) is 0 Å². The van der Waals surface area contributed by atoms with E-state index in [1.807, 2.05) is 0 Å². The number of carboxylic acid groups (broad SMARTS) is 1. The summed E-state index contributed by atoms with van der Waals surface area (Å²) in [6.07, 6.45) is -2.76. The van der Waals surface area contributed by atoms with Crippen molar-refractivity contribution in [1.82, 2.24) is 19.8 Å². The molecule has 5 atom stereocenters. The first-order chi connectivity index (χ1) is 14.5. The summed E-state index contributed by atoms with van der Waals surface area (Å²) >= 11 is 0. The third kappa shape index (κ3) is 6.37. The number of anilines is 1. The average molecular weight is 440 g/mol. The molecule has 1 aromatic rings. The summed E-state index contributed by atoms with van der Waals surface area (Å²) in [5, 5.41) is 29.8. The quantitative estimate of drug-likeness (QED) is 0.158. The van der Waals surface area contributed by atoms with Gasteiger partial charge < -0.3 is 42.4 Å². The van der Waals surface area contributed by atoms with Crippen LogP contribution in [-0.2, 0) is 14.3 Å². The molecule has 0 spiro atoms. The highest BCUT2D eigenvalue weighted by Gasteiger charge is 2.43. The van der Waals surface area contributed by atoms with E-state index < -0.39 is 48.1 Å². The lowest BCUT2D eigenvalue weighted by Crippen LogP contribution is -2.57. The minimum absolute atomic E-state index is 0.0303. The zero-order valence-corrected chi connectivity index (χ0v) is 17.0. The molecule has 0 bridgehead atoms. The molecule has 172 valence electrons. The topological polar surface area (TPSA) is 236 Å². The number of carboxylic acids is 1. The van der Waals surface area contributed by atoms with E-state index >= 15 is 0 Å². The summed E-state index contributed by atoms with van der Waals surface area (Å²) in [7, 11) is 1.62. The Morgan fingerprint density at radius 3 is 2.77 bits per heavy atom. The van der Waals surface area contributed by atoms with Crippen LogP contribution in [0.3, 0.4) is 0 Å². The van der Waals surface area contributed by atoms with Crippen LogP contribution < -0.4 is 28.2 Å². The lowest BCUT2D eigenvalue weighted by molar-refractivity contribution is -0.191. The number of ether oxygens (including phenoxy) is 1. The van der Waals surface area contributed by atoms with Crippen LogP contribution in [0.5, 0.6) is 0 Å². The molecular weight excluding hydrogens is 412 g/mol. The predicted octanol–water partition coefficient (Wildman–Crippen LogP) is -3.02. The molecule has 1 aliphatic heterocycles. The molecular formula is C17H28N8O6. The molecule has 1 fully saturated rings. The van der Waals surface area contributed by atoms with Crippen LogP contribution >= 0.6 is 0 Å². The van der Waals surface area contributed by atoms with Crippen LogP contribution in [0.15, 0.2) is 17.1 Å². The van der Waals surface area contributed by atoms with Crippen LogP contribution in [-0.4, -0.2) is 80.4 Å². The first kappa shape index (κ1) is 24.0. The number of nitrogens with one attached hydrogen (secondary N) is 2. The molecule has 0 aromatic carbocycles. The van der Waals surface area contributed by atoms with E-state index in [-0.39, 0.29) is 24.6 Å². The number of rotatable bonds is 8. The van der Waals surface area contributed by atoms with E-state index in [9.17, 15) is 24.6 Å². The fraction of sp³-hybridized carbons (Fsp3) is 0.588. The standard InChI is InChI=1S/C17H28N8O6/c1-24(16(20)21)4-2-8(18)6-12(27)22-9-7-10(26)14(31-13(9)15(28)29)25-5-3-11(19)23-17(25)30/h3,5,8-10,13-14,26H,2,4,6-7,18H2,1H3,(H3,20,21)(H,22,27)(H,28,29)(H2,19,23,30). The smallest absolute Gasteiger partial charge is 0.351 e. The van der Waals surface area contributed by atoms with Gasteiger partial charge in [0.2, 0.25) is 5.91 Å². The van der Waals surface area contributed by atoms with E-state index in [2.05, 4.69) is 10.3 Å². The molecule has 14 heteroatoms. The Kier molecular flexibility index (Phi) is 7.90. The van der Waals surface area contributed by atoms with Gasteiger partial charge in [0.05, 0.1) is 6.04 Å². The molecule has 0 aliphatic carbocycles. The van der Waals surface area contributed by atoms with Crippen molar-refractivity contribution in [2.75, 3.05) is 19.3 Å². The number of aliphatic hydroxyl groups excluding tert-OH is 1. The number of nitrogens with two attached hydrogens (primary N) is 3. The SMILES string of the molecule is CN(CCC(N)CC(=O)NC1CC(O)C(n2ccc(N)nc2=O)OC1C(=O)O)C(=N)N. The van der Waals surface area contributed by atoms with Gasteiger partial charge in [-0.15, -0.1) is 0 Å². The minimum atomic E-state index is -1.51. The fourth-order valence-electron chi connectivity index (χ4n) is 3.16. The molecule has 2 heterocycles. The molecule has 14 nitrogen and oxygen atoms in total. The molecule has 1 aromatic heterocycles. The van der Waals surface area contributed by atoms with E-state index in [4.69, 9.17) is 27.3 Å². The Morgan fingerprint density at radius 1 is 1.52 bits per heavy atom. The maximum Gasteiger partial charge on any atom is 0.351 e. The van der Waals surface area contributed by atoms with Gasteiger partial charge in [0.15, 0.2) is 18.3 Å². The van der Waals surface area contributed by atoms with E-state index in [0.717, 1.165) is 4.57 Å². The highest BCUT2D eigenvalue weighted by atomic mass is 16.5. The largest absolute Gasteiger partial charge is 0.479 e. The maximum atomic E-state index is 12.3. The van der Waals surface area contributed by atoms with Crippen molar-refractivity contribution in [3.05, 3.63) is 22.7 Å². The average Bonchev–Trinajstić information content (AvgIpc) is 2.66. The second-order valence-electron chi connectivity index (χ2n) is 7.36. The Bertz CT molecular complexity index is 876. The second-order valence-corrected chi connectivity index (χ2v) is 7.36. The van der Waals surface area contributed by atoms with Gasteiger partial charge in [0.25, 0.3) is 0 Å². The normalized spacial score (nSPS) is 24.2. The molecule has 10 N–H and O–H groups in total. The van der Waals surface area contributed by atoms with E-state index in [1.54, 1.807) is 7.05 Å². The number of carbonyl (C=O) groups excluding carboxylic acids is 1. The summed E-state index contributed by atoms with van der Waals surface area (Å²) in [6, 6.07) is -0.279. The first-order valence-corrected chi connectivity index (χ1v) is 9.50. The van der Waals surface area contributed by atoms with Crippen molar-refractivity contribution in [2.24, 2.45) is 11.5 Å². The number of guanidine groups is 1. The molecule has 1 amide bonds. The van der Waals surface area contributed by atoms with Crippen molar-refractivity contribution in [3.8, 4) is 0 Å². The number of aromatic nitrogens is 2. The Balaban J connectivity index is 2.01. The Hall–Kier alpha value is -3.23. The molecule has 2 rings (SSSR count). The molecule has 1 saturated heterocycles. The van der Waals surface area contributed by atoms with Crippen LogP contribution in [0.1, 0.15) is 25.5 Å². The number of amides is 1. The summed E-state index contributed by atoms with van der Waals surface area (Å²) < 4.78 is 6.37. The molecule has 0 saturated carbocycles. The Morgan fingerprint density at radius 2 is 2.19 bits per heavy atom. The van der Waals surface area contributed by atoms with Gasteiger partial charge in [-0.3, -0.25) is 14.8 Å². The molecule has 0 radical (unpaired) electrons. The number of carbonyl (C=O) groups is 2. The highest BCUT2D eigenvalue weighted by Crippen LogP contribution is 2.27. The summed E-state index contributed by atoms with van der Waals surface area (Å²) in [4.78, 5) is 41.0. The number of nitrogens with zero attached hydrogens (tertiary/aromatic N) is 3. The van der Waals surface area contributed by atoms with Crippen LogP contribution in [0.2, 0.25) is 0 Å². The highest BCUT2D eigenvalue weighted by molar-refractivity contribution is 5.79. The molecule has 31 heavy (non-hydrogen) atoms. The zero-order valence-electron chi connectivity index (χ0n) is 17.0. The zero-order chi connectivity index (χ0) is 23.3. The van der Waals surface area contributed by atoms with Gasteiger partial charge >= 0.3 is 11.7 Å². The van der Waals surface area contributed by atoms with Crippen molar-refractivity contribution < 1.29 is 24.5 Å². The summed E-state index contributed by atoms with van der Waals surface area (Å²) in [6.45, 7) is 0.374. The van der Waals surface area contributed by atoms with Crippen molar-refractivity contribution in [3.63, 3.8) is 0 Å². The van der Waals surface area contributed by atoms with E-state index in [0.29, 0.717) is 13.0 Å². The van der Waals surface area contributed by atoms with Gasteiger partial charge in [0, 0.05) is 38.7 Å². The van der Waals surface area contributed by atoms with Crippen molar-refractivity contribution in [2.45, 2.75) is 49.8 Å². The first-order valence-electron chi connectivity index (χ1n) is 9.50. The van der Waals surface area contributed by atoms with Gasteiger partial charge in [0.1, 0.15) is 11.9 Å². The predicted molar refractivity (Wildman–Crippen MR) is 109 cm³/mol. The second kappa shape index (κ2) is 10.2. The Labute approximate surface area is 177 Å². The number of hydrogen-bond donors (Lipinski definition) is 7. The monoisotopic (exact) mass is 440 g/mol.